The fourth-order valence-electron chi connectivity index (χ4n) is 3.28. The van der Waals surface area contributed by atoms with E-state index in [0.717, 1.165) is 25.7 Å². The number of benzene rings is 1. The van der Waals surface area contributed by atoms with Crippen LogP contribution in [0.25, 0.3) is 0 Å². The van der Waals surface area contributed by atoms with Crippen molar-refractivity contribution in [3.8, 4) is 5.75 Å². The van der Waals surface area contributed by atoms with Crippen LogP contribution in [0.3, 0.4) is 0 Å². The Hall–Kier alpha value is -2.35. The molecule has 1 aliphatic heterocycles. The zero-order valence-corrected chi connectivity index (χ0v) is 17.2. The molecule has 0 saturated carbocycles. The molecule has 2 N–H and O–H groups in total. The molecule has 0 bridgehead atoms. The third-order valence-corrected chi connectivity index (χ3v) is 4.82. The third kappa shape index (κ3) is 7.53. The van der Waals surface area contributed by atoms with E-state index in [4.69, 9.17) is 14.6 Å². The fraction of sp³-hybridized carbons (Fsp3) is 0.619. The Labute approximate surface area is 171 Å². The van der Waals surface area contributed by atoms with Gasteiger partial charge < -0.3 is 24.8 Å². The van der Waals surface area contributed by atoms with Gasteiger partial charge in [-0.05, 0) is 57.6 Å². The Morgan fingerprint density at radius 3 is 2.66 bits per heavy atom. The average molecular weight is 410 g/mol. The van der Waals surface area contributed by atoms with Gasteiger partial charge in [-0.1, -0.05) is 0 Å². The number of aliphatic hydroxyl groups is 1. The maximum atomic E-state index is 14.1. The van der Waals surface area contributed by atoms with Crippen LogP contribution in [-0.2, 0) is 4.74 Å². The van der Waals surface area contributed by atoms with E-state index < -0.39 is 11.7 Å². The molecular weight excluding hydrogens is 379 g/mol. The first-order valence-corrected chi connectivity index (χ1v) is 10.2. The number of likely N-dealkylation sites (tertiary alicyclic amines) is 1. The molecule has 1 saturated heterocycles. The van der Waals surface area contributed by atoms with E-state index in [0.29, 0.717) is 31.4 Å². The lowest BCUT2D eigenvalue weighted by Crippen LogP contribution is -2.39. The van der Waals surface area contributed by atoms with Gasteiger partial charge in [-0.2, -0.15) is 0 Å². The van der Waals surface area contributed by atoms with Gasteiger partial charge in [0.05, 0.1) is 24.9 Å². The number of halogens is 1. The van der Waals surface area contributed by atoms with Crippen LogP contribution >= 0.6 is 0 Å². The molecule has 2 amide bonds. The predicted octanol–water partition coefficient (Wildman–Crippen LogP) is 2.96. The van der Waals surface area contributed by atoms with Crippen LogP contribution in [0.4, 0.5) is 9.18 Å². The van der Waals surface area contributed by atoms with E-state index in [1.807, 2.05) is 13.8 Å². The highest BCUT2D eigenvalue weighted by Gasteiger charge is 2.24. The number of ether oxygens (including phenoxy) is 2. The minimum Gasteiger partial charge on any atom is -0.493 e. The monoisotopic (exact) mass is 410 g/mol. The van der Waals surface area contributed by atoms with Gasteiger partial charge in [-0.25, -0.2) is 9.18 Å². The van der Waals surface area contributed by atoms with Gasteiger partial charge in [0.2, 0.25) is 0 Å². The molecule has 0 aliphatic carbocycles. The van der Waals surface area contributed by atoms with Gasteiger partial charge in [-0.3, -0.25) is 4.79 Å². The smallest absolute Gasteiger partial charge is 0.410 e. The van der Waals surface area contributed by atoms with Crippen LogP contribution in [0.1, 0.15) is 49.9 Å². The fourth-order valence-corrected chi connectivity index (χ4v) is 3.28. The molecule has 0 unspecified atom stereocenters. The van der Waals surface area contributed by atoms with Gasteiger partial charge >= 0.3 is 6.09 Å². The van der Waals surface area contributed by atoms with E-state index in [2.05, 4.69) is 5.32 Å². The van der Waals surface area contributed by atoms with Crippen molar-refractivity contribution in [1.82, 2.24) is 10.2 Å². The van der Waals surface area contributed by atoms with Crippen molar-refractivity contribution in [3.05, 3.63) is 29.6 Å². The molecule has 0 spiro atoms. The van der Waals surface area contributed by atoms with Crippen LogP contribution in [-0.4, -0.2) is 61.0 Å². The molecule has 162 valence electrons. The van der Waals surface area contributed by atoms with Crippen molar-refractivity contribution >= 4 is 12.0 Å². The van der Waals surface area contributed by atoms with E-state index in [-0.39, 0.29) is 30.9 Å². The standard InChI is InChI=1S/C21H31FN2O5/c1-15(2)29-21(27)24-10-7-16(8-11-24)4-3-13-28-17-5-6-18(19(22)14-17)20(26)23-9-12-25/h5-6,14-16,25H,3-4,7-13H2,1-2H3,(H,23,26). The molecule has 29 heavy (non-hydrogen) atoms. The summed E-state index contributed by atoms with van der Waals surface area (Å²) >= 11 is 0. The topological polar surface area (TPSA) is 88.1 Å². The molecule has 0 radical (unpaired) electrons. The SMILES string of the molecule is CC(C)OC(=O)N1CCC(CCCOc2ccc(C(=O)NCCO)c(F)c2)CC1. The highest BCUT2D eigenvalue weighted by Crippen LogP contribution is 2.23. The van der Waals surface area contributed by atoms with Crippen molar-refractivity contribution in [3.63, 3.8) is 0 Å². The molecule has 1 fully saturated rings. The second-order valence-electron chi connectivity index (χ2n) is 7.47. The predicted molar refractivity (Wildman–Crippen MR) is 106 cm³/mol. The summed E-state index contributed by atoms with van der Waals surface area (Å²) in [6.45, 7) is 5.45. The first-order chi connectivity index (χ1) is 13.9. The normalized spacial score (nSPS) is 14.7. The molecule has 0 aromatic heterocycles. The van der Waals surface area contributed by atoms with Gasteiger partial charge in [0.25, 0.3) is 5.91 Å². The quantitative estimate of drug-likeness (QED) is 0.611. The van der Waals surface area contributed by atoms with E-state index in [9.17, 15) is 14.0 Å². The summed E-state index contributed by atoms with van der Waals surface area (Å²) in [7, 11) is 0. The molecule has 2 rings (SSSR count). The Morgan fingerprint density at radius 1 is 1.31 bits per heavy atom. The van der Waals surface area contributed by atoms with Crippen molar-refractivity contribution in [2.24, 2.45) is 5.92 Å². The van der Waals surface area contributed by atoms with E-state index >= 15 is 0 Å². The summed E-state index contributed by atoms with van der Waals surface area (Å²) in [6, 6.07) is 4.14. The summed E-state index contributed by atoms with van der Waals surface area (Å²) in [6.07, 6.45) is 3.36. The molecule has 1 aromatic carbocycles. The molecular formula is C21H31FN2O5. The third-order valence-electron chi connectivity index (χ3n) is 4.82. The van der Waals surface area contributed by atoms with Crippen LogP contribution in [0.2, 0.25) is 0 Å². The molecule has 1 heterocycles. The van der Waals surface area contributed by atoms with Crippen LogP contribution in [0, 0.1) is 11.7 Å². The van der Waals surface area contributed by atoms with Gasteiger partial charge in [0, 0.05) is 25.7 Å². The van der Waals surface area contributed by atoms with Crippen LogP contribution in [0.5, 0.6) is 5.75 Å². The van der Waals surface area contributed by atoms with E-state index in [1.54, 1.807) is 11.0 Å². The van der Waals surface area contributed by atoms with Crippen LogP contribution in [0.15, 0.2) is 18.2 Å². The highest BCUT2D eigenvalue weighted by molar-refractivity contribution is 5.94. The largest absolute Gasteiger partial charge is 0.493 e. The average Bonchev–Trinajstić information content (AvgIpc) is 2.69. The lowest BCUT2D eigenvalue weighted by atomic mass is 9.92. The van der Waals surface area contributed by atoms with Crippen molar-refractivity contribution in [2.45, 2.75) is 45.6 Å². The molecule has 1 aromatic rings. The number of hydrogen-bond donors (Lipinski definition) is 2. The first kappa shape index (κ1) is 22.9. The Balaban J connectivity index is 1.67. The van der Waals surface area contributed by atoms with Gasteiger partial charge in [0.1, 0.15) is 11.6 Å². The number of carbonyl (C=O) groups is 2. The van der Waals surface area contributed by atoms with Crippen molar-refractivity contribution < 1.29 is 28.6 Å². The number of piperidine rings is 1. The van der Waals surface area contributed by atoms with Crippen molar-refractivity contribution in [2.75, 3.05) is 32.8 Å². The second-order valence-corrected chi connectivity index (χ2v) is 7.47. The number of nitrogens with zero attached hydrogens (tertiary/aromatic N) is 1. The molecule has 0 atom stereocenters. The zero-order valence-electron chi connectivity index (χ0n) is 17.2. The lowest BCUT2D eigenvalue weighted by molar-refractivity contribution is 0.0643. The Bertz CT molecular complexity index is 675. The Morgan fingerprint density at radius 2 is 2.03 bits per heavy atom. The number of amides is 2. The second kappa shape index (κ2) is 11.6. The van der Waals surface area contributed by atoms with Gasteiger partial charge in [0.15, 0.2) is 0 Å². The minimum absolute atomic E-state index is 0.0754. The number of rotatable bonds is 9. The molecule has 8 heteroatoms. The summed E-state index contributed by atoms with van der Waals surface area (Å²) in [4.78, 5) is 25.4. The number of carbonyl (C=O) groups excluding carboxylic acids is 2. The van der Waals surface area contributed by atoms with E-state index in [1.165, 1.54) is 12.1 Å². The zero-order chi connectivity index (χ0) is 21.2. The van der Waals surface area contributed by atoms with Crippen molar-refractivity contribution in [1.29, 1.82) is 0 Å². The summed E-state index contributed by atoms with van der Waals surface area (Å²) in [5.74, 6) is -0.297. The molecule has 7 nitrogen and oxygen atoms in total. The maximum Gasteiger partial charge on any atom is 0.410 e. The maximum absolute atomic E-state index is 14.1. The van der Waals surface area contributed by atoms with Gasteiger partial charge in [-0.15, -0.1) is 0 Å². The Kier molecular flexibility index (Phi) is 9.18. The summed E-state index contributed by atoms with van der Waals surface area (Å²) < 4.78 is 24.9. The highest BCUT2D eigenvalue weighted by atomic mass is 19.1. The lowest BCUT2D eigenvalue weighted by Gasteiger charge is -2.31. The number of nitrogens with one attached hydrogen (secondary N) is 1. The summed E-state index contributed by atoms with van der Waals surface area (Å²) in [5.41, 5.74) is -0.0754. The number of aliphatic hydroxyl groups excluding tert-OH is 1. The number of hydrogen-bond acceptors (Lipinski definition) is 5. The minimum atomic E-state index is -0.654. The summed E-state index contributed by atoms with van der Waals surface area (Å²) in [5, 5.41) is 11.1. The van der Waals surface area contributed by atoms with Crippen LogP contribution < -0.4 is 10.1 Å². The molecule has 1 aliphatic rings. The first-order valence-electron chi connectivity index (χ1n) is 10.2.